The number of nitrogens with zero attached hydrogens (tertiary/aromatic N) is 2. The van der Waals surface area contributed by atoms with Crippen LogP contribution in [0.25, 0.3) is 11.1 Å². The van der Waals surface area contributed by atoms with Crippen LogP contribution in [0, 0.1) is 6.92 Å². The van der Waals surface area contributed by atoms with Gasteiger partial charge in [0.25, 0.3) is 0 Å². The molecule has 1 amide bonds. The standard InChI is InChI=1S/C27H27FN2O5S2/c1-18-19(14-20(36)15-26(18)35-37(28,32)33)16-29-10-12-30(13-11-29)27(31)34-17-25-23-8-4-2-6-21(23)22-7-3-5-9-24(22)25/h2-9,14-15,25,36H,10-13,16-17H2,1H3. The molecule has 10 heteroatoms. The number of rotatable bonds is 6. The number of piperazine rings is 1. The van der Waals surface area contributed by atoms with Gasteiger partial charge in [0, 0.05) is 43.5 Å². The minimum Gasteiger partial charge on any atom is -0.448 e. The van der Waals surface area contributed by atoms with E-state index >= 15 is 0 Å². The van der Waals surface area contributed by atoms with Gasteiger partial charge in [0.1, 0.15) is 12.4 Å². The molecule has 1 aliphatic heterocycles. The highest BCUT2D eigenvalue weighted by atomic mass is 32.3. The third-order valence-corrected chi connectivity index (χ3v) is 7.64. The molecule has 0 aromatic heterocycles. The summed E-state index contributed by atoms with van der Waals surface area (Å²) in [5.41, 5.74) is 6.02. The number of carbonyl (C=O) groups is 1. The van der Waals surface area contributed by atoms with Crippen LogP contribution in [0.4, 0.5) is 8.68 Å². The van der Waals surface area contributed by atoms with Gasteiger partial charge in [0.2, 0.25) is 0 Å². The largest absolute Gasteiger partial charge is 0.488 e. The Bertz CT molecular complexity index is 1390. The Balaban J connectivity index is 1.18. The summed E-state index contributed by atoms with van der Waals surface area (Å²) >= 11 is 4.29. The summed E-state index contributed by atoms with van der Waals surface area (Å²) in [6.07, 6.45) is -0.334. The second-order valence-corrected chi connectivity index (χ2v) is 10.7. The number of benzene rings is 3. The molecule has 3 aromatic carbocycles. The third kappa shape index (κ3) is 5.61. The number of halogens is 1. The van der Waals surface area contributed by atoms with Gasteiger partial charge in [-0.3, -0.25) is 4.90 Å². The highest BCUT2D eigenvalue weighted by molar-refractivity contribution is 7.81. The number of fused-ring (bicyclic) bond motifs is 3. The molecular formula is C27H27FN2O5S2. The summed E-state index contributed by atoms with van der Waals surface area (Å²) in [5, 5.41) is 0. The van der Waals surface area contributed by atoms with Crippen molar-refractivity contribution in [3.05, 3.63) is 82.9 Å². The second kappa shape index (κ2) is 10.4. The van der Waals surface area contributed by atoms with Gasteiger partial charge < -0.3 is 13.8 Å². The van der Waals surface area contributed by atoms with Crippen LogP contribution in [0.3, 0.4) is 0 Å². The molecule has 1 saturated heterocycles. The van der Waals surface area contributed by atoms with Crippen molar-refractivity contribution in [1.29, 1.82) is 0 Å². The SMILES string of the molecule is Cc1c(CN2CCN(C(=O)OCC3c4ccccc4-c4ccccc43)CC2)cc(S)cc1OS(=O)(=O)F. The molecule has 5 rings (SSSR count). The van der Waals surface area contributed by atoms with E-state index in [1.54, 1.807) is 17.9 Å². The molecule has 2 aliphatic rings. The number of amides is 1. The average Bonchev–Trinajstić information content (AvgIpc) is 3.18. The quantitative estimate of drug-likeness (QED) is 0.351. The third-order valence-electron chi connectivity index (χ3n) is 7.00. The lowest BCUT2D eigenvalue weighted by molar-refractivity contribution is 0.0728. The number of hydrogen-bond donors (Lipinski definition) is 1. The van der Waals surface area contributed by atoms with E-state index in [1.807, 2.05) is 24.3 Å². The van der Waals surface area contributed by atoms with Gasteiger partial charge in [0.05, 0.1) is 0 Å². The first-order chi connectivity index (χ1) is 17.7. The highest BCUT2D eigenvalue weighted by Crippen LogP contribution is 2.44. The summed E-state index contributed by atoms with van der Waals surface area (Å²) < 4.78 is 45.2. The maximum absolute atomic E-state index is 13.1. The maximum Gasteiger partial charge on any atom is 0.488 e. The number of carbonyl (C=O) groups excluding carboxylic acids is 1. The molecule has 0 spiro atoms. The summed E-state index contributed by atoms with van der Waals surface area (Å²) in [6.45, 7) is 4.66. The Kier molecular flexibility index (Phi) is 7.15. The van der Waals surface area contributed by atoms with Crippen molar-refractivity contribution in [2.45, 2.75) is 24.3 Å². The van der Waals surface area contributed by atoms with Crippen LogP contribution in [0.5, 0.6) is 5.75 Å². The van der Waals surface area contributed by atoms with Crippen LogP contribution < -0.4 is 4.18 Å². The zero-order valence-electron chi connectivity index (χ0n) is 20.3. The average molecular weight is 543 g/mol. The van der Waals surface area contributed by atoms with Gasteiger partial charge >= 0.3 is 16.6 Å². The van der Waals surface area contributed by atoms with Crippen LogP contribution in [-0.4, -0.2) is 57.1 Å². The molecular weight excluding hydrogens is 515 g/mol. The van der Waals surface area contributed by atoms with Crippen molar-refractivity contribution in [2.75, 3.05) is 32.8 Å². The first-order valence-corrected chi connectivity index (χ1v) is 13.7. The van der Waals surface area contributed by atoms with Gasteiger partial charge in [-0.05, 0) is 52.4 Å². The molecule has 1 aliphatic carbocycles. The van der Waals surface area contributed by atoms with Gasteiger partial charge in [0.15, 0.2) is 0 Å². The summed E-state index contributed by atoms with van der Waals surface area (Å²) in [7, 11) is -5.13. The smallest absolute Gasteiger partial charge is 0.448 e. The number of thiol groups is 1. The highest BCUT2D eigenvalue weighted by Gasteiger charge is 2.30. The first-order valence-electron chi connectivity index (χ1n) is 12.0. The van der Waals surface area contributed by atoms with E-state index in [9.17, 15) is 17.1 Å². The fourth-order valence-corrected chi connectivity index (χ4v) is 5.76. The monoisotopic (exact) mass is 542 g/mol. The van der Waals surface area contributed by atoms with Crippen LogP contribution in [0.15, 0.2) is 65.6 Å². The van der Waals surface area contributed by atoms with Crippen molar-refractivity contribution in [2.24, 2.45) is 0 Å². The van der Waals surface area contributed by atoms with E-state index in [0.717, 1.165) is 5.56 Å². The Hall–Kier alpha value is -3.08. The Morgan fingerprint density at radius 3 is 2.19 bits per heavy atom. The normalized spacial score (nSPS) is 15.8. The topological polar surface area (TPSA) is 76.2 Å². The Labute approximate surface area is 221 Å². The van der Waals surface area contributed by atoms with E-state index in [-0.39, 0.29) is 24.4 Å². The molecule has 194 valence electrons. The van der Waals surface area contributed by atoms with Crippen molar-refractivity contribution in [3.8, 4) is 16.9 Å². The van der Waals surface area contributed by atoms with Crippen LogP contribution in [-0.2, 0) is 21.8 Å². The minimum absolute atomic E-state index is 0.0127. The van der Waals surface area contributed by atoms with Gasteiger partial charge in [-0.2, -0.15) is 8.42 Å². The Morgan fingerprint density at radius 2 is 1.59 bits per heavy atom. The minimum atomic E-state index is -5.13. The van der Waals surface area contributed by atoms with Crippen molar-refractivity contribution in [3.63, 3.8) is 0 Å². The van der Waals surface area contributed by atoms with E-state index in [1.165, 1.54) is 28.3 Å². The van der Waals surface area contributed by atoms with Crippen molar-refractivity contribution >= 4 is 29.2 Å². The molecule has 1 heterocycles. The summed E-state index contributed by atoms with van der Waals surface area (Å²) in [4.78, 5) is 17.2. The molecule has 0 saturated carbocycles. The molecule has 3 aromatic rings. The number of ether oxygens (including phenoxy) is 1. The molecule has 0 unspecified atom stereocenters. The molecule has 0 N–H and O–H groups in total. The van der Waals surface area contributed by atoms with Crippen molar-refractivity contribution in [1.82, 2.24) is 9.80 Å². The Morgan fingerprint density at radius 1 is 1.00 bits per heavy atom. The summed E-state index contributed by atoms with van der Waals surface area (Å²) in [5.74, 6) is -0.0686. The zero-order valence-corrected chi connectivity index (χ0v) is 22.0. The fourth-order valence-electron chi connectivity index (χ4n) is 5.10. The molecule has 1 fully saturated rings. The van der Waals surface area contributed by atoms with Gasteiger partial charge in [-0.1, -0.05) is 52.4 Å². The molecule has 0 bridgehead atoms. The van der Waals surface area contributed by atoms with Crippen LogP contribution >= 0.6 is 12.6 Å². The van der Waals surface area contributed by atoms with E-state index in [2.05, 4.69) is 46.0 Å². The number of hydrogen-bond acceptors (Lipinski definition) is 7. The molecule has 37 heavy (non-hydrogen) atoms. The lowest BCUT2D eigenvalue weighted by atomic mass is 9.98. The van der Waals surface area contributed by atoms with Crippen LogP contribution in [0.1, 0.15) is 28.2 Å². The van der Waals surface area contributed by atoms with Gasteiger partial charge in [-0.25, -0.2) is 4.79 Å². The van der Waals surface area contributed by atoms with E-state index in [4.69, 9.17) is 4.74 Å². The fraction of sp³-hybridized carbons (Fsp3) is 0.296. The molecule has 0 radical (unpaired) electrons. The predicted molar refractivity (Wildman–Crippen MR) is 141 cm³/mol. The van der Waals surface area contributed by atoms with Crippen molar-refractivity contribution < 1.29 is 26.0 Å². The second-order valence-electron chi connectivity index (χ2n) is 9.27. The molecule has 7 nitrogen and oxygen atoms in total. The molecule has 0 atom stereocenters. The lowest BCUT2D eigenvalue weighted by Gasteiger charge is -2.34. The lowest BCUT2D eigenvalue weighted by Crippen LogP contribution is -2.48. The summed E-state index contributed by atoms with van der Waals surface area (Å²) in [6, 6.07) is 19.6. The zero-order chi connectivity index (χ0) is 26.2. The first kappa shape index (κ1) is 25.6. The van der Waals surface area contributed by atoms with Crippen LogP contribution in [0.2, 0.25) is 0 Å². The maximum atomic E-state index is 13.1. The van der Waals surface area contributed by atoms with E-state index < -0.39 is 10.5 Å². The van der Waals surface area contributed by atoms with Gasteiger partial charge in [-0.15, -0.1) is 12.6 Å². The predicted octanol–water partition coefficient (Wildman–Crippen LogP) is 4.94. The van der Waals surface area contributed by atoms with E-state index in [0.29, 0.717) is 43.2 Å².